The van der Waals surface area contributed by atoms with Crippen molar-refractivity contribution in [3.05, 3.63) is 70.3 Å². The van der Waals surface area contributed by atoms with Crippen LogP contribution >= 0.6 is 23.2 Å². The van der Waals surface area contributed by atoms with E-state index in [0.29, 0.717) is 15.7 Å². The van der Waals surface area contributed by atoms with E-state index in [9.17, 15) is 18.0 Å². The number of rotatable bonds is 8. The summed E-state index contributed by atoms with van der Waals surface area (Å²) in [6.07, 6.45) is -3.21. The second kappa shape index (κ2) is 10.4. The fraction of sp³-hybridized carbons (Fsp3) is 0.217. The van der Waals surface area contributed by atoms with Crippen molar-refractivity contribution in [2.24, 2.45) is 0 Å². The number of ether oxygens (including phenoxy) is 1. The fourth-order valence-corrected chi connectivity index (χ4v) is 3.50. The summed E-state index contributed by atoms with van der Waals surface area (Å²) in [6, 6.07) is 11.7. The Morgan fingerprint density at radius 1 is 1.06 bits per heavy atom. The van der Waals surface area contributed by atoms with E-state index in [0.717, 1.165) is 16.7 Å². The number of likely N-dealkylation sites (N-methyl/N-ethyl adjacent to an activating group) is 1. The van der Waals surface area contributed by atoms with Gasteiger partial charge in [0.25, 0.3) is 0 Å². The first kappa shape index (κ1) is 25.5. The van der Waals surface area contributed by atoms with E-state index in [4.69, 9.17) is 33.0 Å². The Kier molecular flexibility index (Phi) is 7.78. The minimum Gasteiger partial charge on any atom is -0.480 e. The highest BCUT2D eigenvalue weighted by molar-refractivity contribution is 6.42. The molecule has 2 aromatic carbocycles. The second-order valence-corrected chi connectivity index (χ2v) is 8.01. The number of nitrogens with zero attached hydrogens (tertiary/aromatic N) is 3. The largest absolute Gasteiger partial charge is 0.480 e. The molecular weight excluding hydrogens is 494 g/mol. The molecule has 0 amide bonds. The molecular formula is C23H20Cl2F3N3O3. The lowest BCUT2D eigenvalue weighted by Crippen LogP contribution is -2.31. The minimum atomic E-state index is -4.71. The molecule has 11 heteroatoms. The Morgan fingerprint density at radius 2 is 1.76 bits per heavy atom. The number of alkyl halides is 3. The third kappa shape index (κ3) is 6.03. The Labute approximate surface area is 204 Å². The van der Waals surface area contributed by atoms with Crippen LogP contribution in [0.25, 0.3) is 0 Å². The van der Waals surface area contributed by atoms with Gasteiger partial charge in [-0.2, -0.15) is 13.2 Å². The number of anilines is 3. The van der Waals surface area contributed by atoms with Crippen molar-refractivity contribution in [1.82, 2.24) is 4.98 Å². The van der Waals surface area contributed by atoms with Crippen LogP contribution in [0.4, 0.5) is 30.2 Å². The van der Waals surface area contributed by atoms with E-state index in [-0.39, 0.29) is 23.9 Å². The number of aliphatic carboxylic acids is 1. The van der Waals surface area contributed by atoms with Crippen molar-refractivity contribution in [3.63, 3.8) is 0 Å². The molecule has 0 aliphatic carbocycles. The predicted molar refractivity (Wildman–Crippen MR) is 126 cm³/mol. The van der Waals surface area contributed by atoms with Crippen LogP contribution in [0.3, 0.4) is 0 Å². The molecule has 0 aliphatic rings. The lowest BCUT2D eigenvalue weighted by molar-refractivity contribution is -0.138. The molecule has 1 aromatic heterocycles. The molecule has 180 valence electrons. The van der Waals surface area contributed by atoms with Crippen LogP contribution in [0.15, 0.2) is 54.7 Å². The number of carboxylic acids is 1. The van der Waals surface area contributed by atoms with E-state index in [1.165, 1.54) is 24.4 Å². The van der Waals surface area contributed by atoms with Crippen LogP contribution in [-0.4, -0.2) is 36.2 Å². The molecule has 34 heavy (non-hydrogen) atoms. The Bertz CT molecular complexity index is 1170. The minimum absolute atomic E-state index is 0.0828. The van der Waals surface area contributed by atoms with Crippen molar-refractivity contribution >= 4 is 46.2 Å². The molecule has 3 rings (SSSR count). The molecule has 0 radical (unpaired) electrons. The number of aromatic nitrogens is 1. The van der Waals surface area contributed by atoms with E-state index in [2.05, 4.69) is 4.98 Å². The first-order valence-electron chi connectivity index (χ1n) is 10.00. The van der Waals surface area contributed by atoms with Crippen LogP contribution in [0.5, 0.6) is 11.6 Å². The average molecular weight is 514 g/mol. The standard InChI is InChI=1S/C23H20Cl2F3N3O3/c1-3-31(13-22(32)33)20-8-6-16(11-17(20)23(26,27)28)34-21-9-5-15(12-29-21)30(2)14-4-7-18(24)19(25)10-14/h4-12H,3,13H2,1-2H3,(H,32,33). The van der Waals surface area contributed by atoms with Gasteiger partial charge in [0.2, 0.25) is 5.88 Å². The summed E-state index contributed by atoms with van der Waals surface area (Å²) in [5, 5.41) is 9.83. The maximum absolute atomic E-state index is 13.7. The summed E-state index contributed by atoms with van der Waals surface area (Å²) in [6.45, 7) is 1.11. The van der Waals surface area contributed by atoms with Gasteiger partial charge in [0, 0.05) is 31.0 Å². The van der Waals surface area contributed by atoms with Gasteiger partial charge in [-0.3, -0.25) is 4.79 Å². The van der Waals surface area contributed by atoms with Gasteiger partial charge < -0.3 is 19.6 Å². The summed E-state index contributed by atoms with van der Waals surface area (Å²) in [7, 11) is 1.79. The fourth-order valence-electron chi connectivity index (χ4n) is 3.21. The monoisotopic (exact) mass is 513 g/mol. The van der Waals surface area contributed by atoms with Crippen molar-refractivity contribution in [1.29, 1.82) is 0 Å². The highest BCUT2D eigenvalue weighted by Gasteiger charge is 2.35. The Balaban J connectivity index is 1.83. The zero-order valence-electron chi connectivity index (χ0n) is 18.1. The number of benzene rings is 2. The summed E-state index contributed by atoms with van der Waals surface area (Å²) in [5.74, 6) is -1.23. The first-order chi connectivity index (χ1) is 16.0. The number of pyridine rings is 1. The number of hydrogen-bond donors (Lipinski definition) is 1. The zero-order valence-corrected chi connectivity index (χ0v) is 19.6. The molecule has 0 saturated carbocycles. The van der Waals surface area contributed by atoms with Gasteiger partial charge in [-0.05, 0) is 49.4 Å². The van der Waals surface area contributed by atoms with E-state index >= 15 is 0 Å². The van der Waals surface area contributed by atoms with Gasteiger partial charge in [0.15, 0.2) is 0 Å². The van der Waals surface area contributed by atoms with Gasteiger partial charge in [0.05, 0.1) is 27.5 Å². The summed E-state index contributed by atoms with van der Waals surface area (Å²) in [5.41, 5.74) is 0.210. The maximum Gasteiger partial charge on any atom is 0.418 e. The van der Waals surface area contributed by atoms with Crippen LogP contribution < -0.4 is 14.5 Å². The van der Waals surface area contributed by atoms with E-state index < -0.39 is 24.3 Å². The molecule has 0 unspecified atom stereocenters. The van der Waals surface area contributed by atoms with Gasteiger partial charge in [0.1, 0.15) is 12.3 Å². The maximum atomic E-state index is 13.7. The van der Waals surface area contributed by atoms with Gasteiger partial charge in [-0.25, -0.2) is 4.98 Å². The van der Waals surface area contributed by atoms with Gasteiger partial charge in [-0.1, -0.05) is 23.2 Å². The molecule has 1 N–H and O–H groups in total. The normalized spacial score (nSPS) is 11.3. The van der Waals surface area contributed by atoms with Gasteiger partial charge >= 0.3 is 12.1 Å². The van der Waals surface area contributed by atoms with Crippen LogP contribution in [-0.2, 0) is 11.0 Å². The number of halogens is 5. The number of carboxylic acid groups (broad SMARTS) is 1. The Hall–Kier alpha value is -3.17. The van der Waals surface area contributed by atoms with Crippen LogP contribution in [0, 0.1) is 0 Å². The third-order valence-electron chi connectivity index (χ3n) is 4.94. The van der Waals surface area contributed by atoms with Gasteiger partial charge in [-0.15, -0.1) is 0 Å². The predicted octanol–water partition coefficient (Wildman–Crippen LogP) is 6.88. The summed E-state index contributed by atoms with van der Waals surface area (Å²) in [4.78, 5) is 18.1. The molecule has 0 aliphatic heterocycles. The molecule has 0 fully saturated rings. The van der Waals surface area contributed by atoms with Crippen LogP contribution in [0.1, 0.15) is 12.5 Å². The third-order valence-corrected chi connectivity index (χ3v) is 5.68. The topological polar surface area (TPSA) is 65.9 Å². The SMILES string of the molecule is CCN(CC(=O)O)c1ccc(Oc2ccc(N(C)c3ccc(Cl)c(Cl)c3)cn2)cc1C(F)(F)F. The number of carbonyl (C=O) groups is 1. The molecule has 3 aromatic rings. The summed E-state index contributed by atoms with van der Waals surface area (Å²) < 4.78 is 46.6. The lowest BCUT2D eigenvalue weighted by atomic mass is 10.1. The van der Waals surface area contributed by atoms with Crippen molar-refractivity contribution in [2.45, 2.75) is 13.1 Å². The van der Waals surface area contributed by atoms with Crippen molar-refractivity contribution in [2.75, 3.05) is 29.9 Å². The molecule has 0 atom stereocenters. The van der Waals surface area contributed by atoms with Crippen molar-refractivity contribution < 1.29 is 27.8 Å². The molecule has 0 bridgehead atoms. The highest BCUT2D eigenvalue weighted by atomic mass is 35.5. The smallest absolute Gasteiger partial charge is 0.418 e. The molecule has 1 heterocycles. The first-order valence-corrected chi connectivity index (χ1v) is 10.8. The quantitative estimate of drug-likeness (QED) is 0.354. The second-order valence-electron chi connectivity index (χ2n) is 7.20. The number of hydrogen-bond acceptors (Lipinski definition) is 5. The molecule has 0 spiro atoms. The summed E-state index contributed by atoms with van der Waals surface area (Å²) >= 11 is 12.0. The Morgan fingerprint density at radius 3 is 2.32 bits per heavy atom. The lowest BCUT2D eigenvalue weighted by Gasteiger charge is -2.25. The molecule has 0 saturated heterocycles. The highest BCUT2D eigenvalue weighted by Crippen LogP contribution is 2.39. The zero-order chi connectivity index (χ0) is 25.0. The van der Waals surface area contributed by atoms with Crippen molar-refractivity contribution in [3.8, 4) is 11.6 Å². The van der Waals surface area contributed by atoms with Crippen LogP contribution in [0.2, 0.25) is 10.0 Å². The van der Waals surface area contributed by atoms with E-state index in [1.54, 1.807) is 43.1 Å². The average Bonchev–Trinajstić information content (AvgIpc) is 2.78. The molecule has 6 nitrogen and oxygen atoms in total. The van der Waals surface area contributed by atoms with E-state index in [1.807, 2.05) is 0 Å².